The predicted octanol–water partition coefficient (Wildman–Crippen LogP) is 10.4. The maximum absolute atomic E-state index is 14.3. The third kappa shape index (κ3) is 5.44. The van der Waals surface area contributed by atoms with E-state index >= 15 is 0 Å². The lowest BCUT2D eigenvalue weighted by Crippen LogP contribution is -2.66. The van der Waals surface area contributed by atoms with E-state index in [-0.39, 0.29) is 57.2 Å². The zero-order chi connectivity index (χ0) is 39.7. The van der Waals surface area contributed by atoms with Gasteiger partial charge in [-0.25, -0.2) is 0 Å². The first-order valence-electron chi connectivity index (χ1n) is 21.0. The van der Waals surface area contributed by atoms with Gasteiger partial charge in [0, 0.05) is 16.9 Å². The van der Waals surface area contributed by atoms with E-state index in [1.54, 1.807) is 13.8 Å². The zero-order valence-electron chi connectivity index (χ0n) is 34.4. The van der Waals surface area contributed by atoms with Crippen molar-refractivity contribution in [3.8, 4) is 0 Å². The van der Waals surface area contributed by atoms with Crippen LogP contribution in [0.1, 0.15) is 157 Å². The molecule has 1 aromatic heterocycles. The number of hydrogen-bond donors (Lipinski definition) is 1. The Bertz CT molecular complexity index is 1960. The standard InChI is InChI=1S/C46H61ClN2O6/c1-26(2)35-30(50)24-46(38-49-48-37(55-38)45(22-23-45)27-10-12-28(47)13-11-27)21-20-43(8)29(36(35)46)14-15-32-42(7)18-17-33(54-34(51)25-40(3,4)39(52)53)41(5,6)31(42)16-19-44(32,43)9/h10-13,26,29,31-33H,14-25H2,1-9H3,(H,52,53)/t29-,31+,32-,33+,42+,43-,44-,46-/m1/s1. The molecule has 8 rings (SSSR count). The third-order valence-electron chi connectivity index (χ3n) is 17.2. The Morgan fingerprint density at radius 2 is 1.51 bits per heavy atom. The van der Waals surface area contributed by atoms with Crippen molar-refractivity contribution in [3.05, 3.63) is 57.8 Å². The van der Waals surface area contributed by atoms with E-state index in [0.29, 0.717) is 35.1 Å². The van der Waals surface area contributed by atoms with E-state index in [4.69, 9.17) is 31.0 Å². The number of nitrogens with zero attached hydrogens (tertiary/aromatic N) is 2. The molecule has 5 fully saturated rings. The Labute approximate surface area is 332 Å². The maximum Gasteiger partial charge on any atom is 0.309 e. The van der Waals surface area contributed by atoms with Gasteiger partial charge in [0.15, 0.2) is 5.78 Å². The SMILES string of the molecule is CC(C)C1=C2[C@H]3CC[C@@H]4[C@@]5(C)CC[C@H](OC(=O)CC(C)(C)C(=O)O)C(C)(C)[C@@H]5CC[C@@]4(C)[C@]3(C)CC[C@@]2(c2nnc(C3(c4ccc(Cl)cc4)CC3)o2)CC1=O. The van der Waals surface area contributed by atoms with Crippen molar-refractivity contribution in [2.45, 2.75) is 156 Å². The molecule has 55 heavy (non-hydrogen) atoms. The van der Waals surface area contributed by atoms with Crippen LogP contribution in [0.3, 0.4) is 0 Å². The number of carbonyl (C=O) groups is 3. The number of carboxylic acid groups (broad SMARTS) is 1. The van der Waals surface area contributed by atoms with Gasteiger partial charge < -0.3 is 14.3 Å². The Morgan fingerprint density at radius 1 is 0.873 bits per heavy atom. The molecule has 0 bridgehead atoms. The van der Waals surface area contributed by atoms with Crippen molar-refractivity contribution >= 4 is 29.3 Å². The van der Waals surface area contributed by atoms with Crippen molar-refractivity contribution in [2.75, 3.05) is 0 Å². The molecule has 0 radical (unpaired) electrons. The summed E-state index contributed by atoms with van der Waals surface area (Å²) in [6, 6.07) is 8.00. The molecule has 1 heterocycles. The highest BCUT2D eigenvalue weighted by Crippen LogP contribution is 2.77. The van der Waals surface area contributed by atoms with Crippen LogP contribution in [0.15, 0.2) is 39.8 Å². The molecule has 0 spiro atoms. The third-order valence-corrected chi connectivity index (χ3v) is 17.5. The van der Waals surface area contributed by atoms with Gasteiger partial charge in [-0.1, -0.05) is 72.2 Å². The second-order valence-electron chi connectivity index (χ2n) is 21.0. The summed E-state index contributed by atoms with van der Waals surface area (Å²) < 4.78 is 13.0. The molecular weight excluding hydrogens is 712 g/mol. The van der Waals surface area contributed by atoms with E-state index < -0.39 is 22.8 Å². The van der Waals surface area contributed by atoms with Crippen LogP contribution in [-0.4, -0.2) is 39.1 Å². The first kappa shape index (κ1) is 38.9. The predicted molar refractivity (Wildman–Crippen MR) is 210 cm³/mol. The molecule has 2 aromatic rings. The number of esters is 1. The van der Waals surface area contributed by atoms with Crippen LogP contribution in [0.2, 0.25) is 5.02 Å². The molecule has 6 aliphatic carbocycles. The van der Waals surface area contributed by atoms with Crippen molar-refractivity contribution in [1.29, 1.82) is 0 Å². The number of aromatic nitrogens is 2. The summed E-state index contributed by atoms with van der Waals surface area (Å²) in [5.74, 6) is 1.34. The topological polar surface area (TPSA) is 120 Å². The summed E-state index contributed by atoms with van der Waals surface area (Å²) in [5.41, 5.74) is 1.28. The van der Waals surface area contributed by atoms with Gasteiger partial charge in [0.2, 0.25) is 11.8 Å². The average Bonchev–Trinajstić information content (AvgIpc) is 3.62. The van der Waals surface area contributed by atoms with Crippen LogP contribution in [0.25, 0.3) is 0 Å². The second-order valence-corrected chi connectivity index (χ2v) is 21.4. The fourth-order valence-corrected chi connectivity index (χ4v) is 14.0. The number of halogens is 1. The molecule has 0 saturated heterocycles. The zero-order valence-corrected chi connectivity index (χ0v) is 35.2. The molecule has 5 saturated carbocycles. The highest BCUT2D eigenvalue weighted by atomic mass is 35.5. The van der Waals surface area contributed by atoms with Crippen molar-refractivity contribution in [3.63, 3.8) is 0 Å². The molecular formula is C46H61ClN2O6. The summed E-state index contributed by atoms with van der Waals surface area (Å²) in [7, 11) is 0. The van der Waals surface area contributed by atoms with Gasteiger partial charge in [0.1, 0.15) is 6.10 Å². The molecule has 1 aromatic carbocycles. The first-order chi connectivity index (χ1) is 25.7. The number of ether oxygens (including phenoxy) is 1. The van der Waals surface area contributed by atoms with Crippen LogP contribution in [0.5, 0.6) is 0 Å². The van der Waals surface area contributed by atoms with Crippen LogP contribution >= 0.6 is 11.6 Å². The van der Waals surface area contributed by atoms with Crippen LogP contribution < -0.4 is 0 Å². The number of hydrogen-bond acceptors (Lipinski definition) is 7. The first-order valence-corrected chi connectivity index (χ1v) is 21.4. The molecule has 9 heteroatoms. The van der Waals surface area contributed by atoms with Gasteiger partial charge in [-0.3, -0.25) is 14.4 Å². The van der Waals surface area contributed by atoms with E-state index in [0.717, 1.165) is 75.3 Å². The maximum atomic E-state index is 14.3. The monoisotopic (exact) mass is 772 g/mol. The Morgan fingerprint density at radius 3 is 2.13 bits per heavy atom. The van der Waals surface area contributed by atoms with Crippen molar-refractivity contribution < 1.29 is 28.6 Å². The van der Waals surface area contributed by atoms with Crippen LogP contribution in [0, 0.1) is 50.7 Å². The van der Waals surface area contributed by atoms with Gasteiger partial charge in [-0.15, -0.1) is 10.2 Å². The molecule has 8 atom stereocenters. The molecule has 298 valence electrons. The number of Topliss-reactive ketones (excluding diaryl/α,β-unsaturated/α-hetero) is 1. The Hall–Kier alpha value is -3.00. The summed E-state index contributed by atoms with van der Waals surface area (Å²) in [5, 5.41) is 19.9. The lowest BCUT2D eigenvalue weighted by molar-refractivity contribution is -0.232. The molecule has 1 N–H and O–H groups in total. The lowest BCUT2D eigenvalue weighted by Gasteiger charge is -2.72. The lowest BCUT2D eigenvalue weighted by atomic mass is 9.33. The molecule has 0 unspecified atom stereocenters. The average molecular weight is 773 g/mol. The summed E-state index contributed by atoms with van der Waals surface area (Å²) in [4.78, 5) is 39.2. The number of ketones is 1. The molecule has 6 aliphatic rings. The number of aliphatic carboxylic acids is 1. The van der Waals surface area contributed by atoms with E-state index in [1.807, 2.05) is 12.1 Å². The number of carbonyl (C=O) groups excluding carboxylic acids is 2. The van der Waals surface area contributed by atoms with Crippen LogP contribution in [0.4, 0.5) is 0 Å². The van der Waals surface area contributed by atoms with Crippen molar-refractivity contribution in [2.24, 2.45) is 50.7 Å². The Kier molecular flexibility index (Phi) is 8.83. The number of carboxylic acids is 1. The number of benzene rings is 1. The fourth-order valence-electron chi connectivity index (χ4n) is 13.8. The molecule has 8 nitrogen and oxygen atoms in total. The Balaban J connectivity index is 1.10. The minimum absolute atomic E-state index is 0.0206. The number of fused-ring (bicyclic) bond motifs is 7. The smallest absolute Gasteiger partial charge is 0.309 e. The highest BCUT2D eigenvalue weighted by molar-refractivity contribution is 6.30. The van der Waals surface area contributed by atoms with E-state index in [9.17, 15) is 19.5 Å². The minimum atomic E-state index is -1.17. The summed E-state index contributed by atoms with van der Waals surface area (Å²) >= 11 is 6.25. The summed E-state index contributed by atoms with van der Waals surface area (Å²) in [6.45, 7) is 19.7. The number of rotatable bonds is 8. The number of allylic oxidation sites excluding steroid dienone is 2. The van der Waals surface area contributed by atoms with E-state index in [1.165, 1.54) is 5.57 Å². The van der Waals surface area contributed by atoms with Gasteiger partial charge in [-0.05, 0) is 147 Å². The highest BCUT2D eigenvalue weighted by Gasteiger charge is 2.71. The minimum Gasteiger partial charge on any atom is -0.481 e. The van der Waals surface area contributed by atoms with Crippen LogP contribution in [-0.2, 0) is 30.0 Å². The van der Waals surface area contributed by atoms with E-state index in [2.05, 4.69) is 60.6 Å². The van der Waals surface area contributed by atoms with Gasteiger partial charge in [0.25, 0.3) is 0 Å². The van der Waals surface area contributed by atoms with Crippen molar-refractivity contribution in [1.82, 2.24) is 10.2 Å². The fraction of sp³-hybridized carbons (Fsp3) is 0.717. The second kappa shape index (κ2) is 12.5. The quantitative estimate of drug-likeness (QED) is 0.263. The largest absolute Gasteiger partial charge is 0.481 e. The van der Waals surface area contributed by atoms with Gasteiger partial charge in [-0.2, -0.15) is 0 Å². The normalized spacial score (nSPS) is 37.5. The van der Waals surface area contributed by atoms with Gasteiger partial charge >= 0.3 is 11.9 Å². The molecule has 0 aliphatic heterocycles. The summed E-state index contributed by atoms with van der Waals surface area (Å²) in [6.07, 6.45) is 9.76. The van der Waals surface area contributed by atoms with Gasteiger partial charge in [0.05, 0.1) is 22.7 Å². The molecule has 0 amide bonds.